The van der Waals surface area contributed by atoms with Crippen molar-refractivity contribution in [3.63, 3.8) is 0 Å². The van der Waals surface area contributed by atoms with Crippen molar-refractivity contribution >= 4 is 18.0 Å². The van der Waals surface area contributed by atoms with Gasteiger partial charge in [0, 0.05) is 19.5 Å². The van der Waals surface area contributed by atoms with E-state index in [0.717, 1.165) is 4.90 Å². The summed E-state index contributed by atoms with van der Waals surface area (Å²) in [6.07, 6.45) is 1.28. The molecule has 0 aromatic heterocycles. The molecule has 0 bridgehead atoms. The molecule has 0 aromatic rings. The van der Waals surface area contributed by atoms with Gasteiger partial charge in [0.2, 0.25) is 0 Å². The maximum absolute atomic E-state index is 12.2. The summed E-state index contributed by atoms with van der Waals surface area (Å²) in [7, 11) is 1.25. The van der Waals surface area contributed by atoms with Gasteiger partial charge >= 0.3 is 18.0 Å². The van der Waals surface area contributed by atoms with Crippen LogP contribution in [0, 0.1) is 0 Å². The standard InChI is InChI=1S/C14H21NO6/c1-9(16)20-10-6-7-11(12(17)19-5)15(8-10)13(18)21-14(2,3)4/h8,11H,6-7H2,1-5H3/t11-/m0/s1. The molecule has 0 N–H and O–H groups in total. The van der Waals surface area contributed by atoms with E-state index in [2.05, 4.69) is 0 Å². The molecule has 0 fully saturated rings. The van der Waals surface area contributed by atoms with Crippen molar-refractivity contribution in [3.05, 3.63) is 12.0 Å². The van der Waals surface area contributed by atoms with Crippen LogP contribution in [0.15, 0.2) is 12.0 Å². The van der Waals surface area contributed by atoms with Crippen molar-refractivity contribution in [2.45, 2.75) is 52.2 Å². The number of esters is 2. The third-order valence-corrected chi connectivity index (χ3v) is 2.64. The summed E-state index contributed by atoms with van der Waals surface area (Å²) in [6.45, 7) is 6.43. The van der Waals surface area contributed by atoms with E-state index < -0.39 is 29.7 Å². The Hall–Kier alpha value is -2.05. The molecule has 1 aliphatic rings. The minimum atomic E-state index is -0.788. The fourth-order valence-electron chi connectivity index (χ4n) is 1.85. The van der Waals surface area contributed by atoms with Crippen LogP contribution in [0.25, 0.3) is 0 Å². The summed E-state index contributed by atoms with van der Waals surface area (Å²) in [5.41, 5.74) is -0.704. The fourth-order valence-corrected chi connectivity index (χ4v) is 1.85. The molecule has 1 rings (SSSR count). The molecule has 0 saturated carbocycles. The van der Waals surface area contributed by atoms with E-state index in [0.29, 0.717) is 18.6 Å². The van der Waals surface area contributed by atoms with Crippen molar-refractivity contribution in [3.8, 4) is 0 Å². The number of nitrogens with zero attached hydrogens (tertiary/aromatic N) is 1. The molecule has 0 saturated heterocycles. The van der Waals surface area contributed by atoms with Gasteiger partial charge in [-0.25, -0.2) is 9.59 Å². The summed E-state index contributed by atoms with van der Waals surface area (Å²) in [4.78, 5) is 36.1. The highest BCUT2D eigenvalue weighted by molar-refractivity contribution is 5.82. The van der Waals surface area contributed by atoms with E-state index in [-0.39, 0.29) is 0 Å². The van der Waals surface area contributed by atoms with Crippen LogP contribution in [0.2, 0.25) is 0 Å². The molecule has 0 spiro atoms. The Morgan fingerprint density at radius 1 is 1.29 bits per heavy atom. The van der Waals surface area contributed by atoms with Gasteiger partial charge in [-0.1, -0.05) is 0 Å². The monoisotopic (exact) mass is 299 g/mol. The van der Waals surface area contributed by atoms with Crippen LogP contribution in [-0.2, 0) is 23.8 Å². The number of allylic oxidation sites excluding steroid dienone is 1. The summed E-state index contributed by atoms with van der Waals surface area (Å²) in [6, 6.07) is -0.788. The Morgan fingerprint density at radius 3 is 2.38 bits per heavy atom. The van der Waals surface area contributed by atoms with Gasteiger partial charge in [-0.05, 0) is 27.2 Å². The lowest BCUT2D eigenvalue weighted by Gasteiger charge is -2.32. The lowest BCUT2D eigenvalue weighted by molar-refractivity contribution is -0.146. The number of carbonyl (C=O) groups excluding carboxylic acids is 3. The molecule has 7 heteroatoms. The second kappa shape index (κ2) is 6.60. The zero-order valence-corrected chi connectivity index (χ0v) is 13.0. The highest BCUT2D eigenvalue weighted by Gasteiger charge is 2.36. The van der Waals surface area contributed by atoms with Gasteiger partial charge in [0.05, 0.1) is 7.11 Å². The molecule has 21 heavy (non-hydrogen) atoms. The minimum Gasteiger partial charge on any atom is -0.467 e. The quantitative estimate of drug-likeness (QED) is 0.572. The SMILES string of the molecule is COC(=O)[C@@H]1CCC(OC(C)=O)=CN1C(=O)OC(C)(C)C. The van der Waals surface area contributed by atoms with Crippen molar-refractivity contribution in [2.24, 2.45) is 0 Å². The highest BCUT2D eigenvalue weighted by atomic mass is 16.6. The molecular formula is C14H21NO6. The van der Waals surface area contributed by atoms with Crippen molar-refractivity contribution < 1.29 is 28.6 Å². The second-order valence-electron chi connectivity index (χ2n) is 5.65. The van der Waals surface area contributed by atoms with E-state index >= 15 is 0 Å². The van der Waals surface area contributed by atoms with E-state index in [1.165, 1.54) is 20.2 Å². The smallest absolute Gasteiger partial charge is 0.415 e. The number of hydrogen-bond donors (Lipinski definition) is 0. The average Bonchev–Trinajstić information content (AvgIpc) is 2.35. The van der Waals surface area contributed by atoms with Gasteiger partial charge < -0.3 is 14.2 Å². The molecule has 0 aliphatic carbocycles. The predicted molar refractivity (Wildman–Crippen MR) is 73.0 cm³/mol. The number of hydrogen-bond acceptors (Lipinski definition) is 6. The van der Waals surface area contributed by atoms with Crippen LogP contribution in [0.4, 0.5) is 4.79 Å². The van der Waals surface area contributed by atoms with Gasteiger partial charge in [0.15, 0.2) is 0 Å². The minimum absolute atomic E-state index is 0.297. The zero-order chi connectivity index (χ0) is 16.2. The Morgan fingerprint density at radius 2 is 1.90 bits per heavy atom. The molecule has 1 heterocycles. The normalized spacial score (nSPS) is 18.6. The zero-order valence-electron chi connectivity index (χ0n) is 13.0. The second-order valence-corrected chi connectivity index (χ2v) is 5.65. The van der Waals surface area contributed by atoms with Crippen LogP contribution in [-0.4, -0.2) is 41.7 Å². The first-order chi connectivity index (χ1) is 9.64. The lowest BCUT2D eigenvalue weighted by atomic mass is 10.1. The molecular weight excluding hydrogens is 278 g/mol. The summed E-state index contributed by atoms with van der Waals surface area (Å²) < 4.78 is 14.9. The van der Waals surface area contributed by atoms with Crippen molar-refractivity contribution in [1.29, 1.82) is 0 Å². The first-order valence-electron chi connectivity index (χ1n) is 6.62. The predicted octanol–water partition coefficient (Wildman–Crippen LogP) is 1.96. The van der Waals surface area contributed by atoms with Gasteiger partial charge in [0.1, 0.15) is 17.4 Å². The molecule has 1 aliphatic heterocycles. The molecule has 7 nitrogen and oxygen atoms in total. The van der Waals surface area contributed by atoms with Crippen LogP contribution >= 0.6 is 0 Å². The largest absolute Gasteiger partial charge is 0.467 e. The Bertz CT molecular complexity index is 463. The molecule has 1 amide bonds. The van der Waals surface area contributed by atoms with Crippen molar-refractivity contribution in [1.82, 2.24) is 4.90 Å². The van der Waals surface area contributed by atoms with Crippen molar-refractivity contribution in [2.75, 3.05) is 7.11 Å². The van der Waals surface area contributed by atoms with Crippen LogP contribution < -0.4 is 0 Å². The Labute approximate surface area is 123 Å². The fraction of sp³-hybridized carbons (Fsp3) is 0.643. The average molecular weight is 299 g/mol. The third-order valence-electron chi connectivity index (χ3n) is 2.64. The van der Waals surface area contributed by atoms with Gasteiger partial charge in [0.25, 0.3) is 0 Å². The van der Waals surface area contributed by atoms with Gasteiger partial charge in [-0.3, -0.25) is 9.69 Å². The molecule has 0 radical (unpaired) electrons. The van der Waals surface area contributed by atoms with E-state index in [4.69, 9.17) is 14.2 Å². The summed E-state index contributed by atoms with van der Waals surface area (Å²) in [5, 5.41) is 0. The summed E-state index contributed by atoms with van der Waals surface area (Å²) >= 11 is 0. The molecule has 118 valence electrons. The first-order valence-corrected chi connectivity index (χ1v) is 6.62. The number of amides is 1. The number of carbonyl (C=O) groups is 3. The number of rotatable bonds is 2. The van der Waals surface area contributed by atoms with Crippen LogP contribution in [0.3, 0.4) is 0 Å². The van der Waals surface area contributed by atoms with Gasteiger partial charge in [-0.15, -0.1) is 0 Å². The maximum atomic E-state index is 12.2. The van der Waals surface area contributed by atoms with E-state index in [1.807, 2.05) is 0 Å². The molecule has 0 aromatic carbocycles. The van der Waals surface area contributed by atoms with E-state index in [9.17, 15) is 14.4 Å². The topological polar surface area (TPSA) is 82.1 Å². The lowest BCUT2D eigenvalue weighted by Crippen LogP contribution is -2.46. The summed E-state index contributed by atoms with van der Waals surface area (Å²) in [5.74, 6) is -0.714. The highest BCUT2D eigenvalue weighted by Crippen LogP contribution is 2.24. The Kier molecular flexibility index (Phi) is 5.34. The van der Waals surface area contributed by atoms with Crippen LogP contribution in [0.5, 0.6) is 0 Å². The first kappa shape index (κ1) is 17.0. The maximum Gasteiger partial charge on any atom is 0.415 e. The third kappa shape index (κ3) is 5.09. The van der Waals surface area contributed by atoms with Gasteiger partial charge in [-0.2, -0.15) is 0 Å². The Balaban J connectivity index is 2.99. The number of ether oxygens (including phenoxy) is 3. The van der Waals surface area contributed by atoms with E-state index in [1.54, 1.807) is 20.8 Å². The number of methoxy groups -OCH3 is 1. The molecule has 0 unspecified atom stereocenters. The molecule has 1 atom stereocenters. The van der Waals surface area contributed by atoms with Crippen LogP contribution in [0.1, 0.15) is 40.5 Å².